The van der Waals surface area contributed by atoms with Crippen LogP contribution in [0.25, 0.3) is 0 Å². The number of rotatable bonds is 7. The predicted octanol–water partition coefficient (Wildman–Crippen LogP) is 4.40. The Kier molecular flexibility index (Phi) is 5.19. The van der Waals surface area contributed by atoms with Crippen molar-refractivity contribution in [1.82, 2.24) is 10.3 Å². The fourth-order valence-corrected chi connectivity index (χ4v) is 3.82. The van der Waals surface area contributed by atoms with Gasteiger partial charge in [-0.15, -0.1) is 11.3 Å². The number of methoxy groups -OCH3 is 1. The normalized spacial score (nSPS) is 16.5. The number of carbonyl (C=O) groups excluding carboxylic acids is 1. The molecule has 0 bridgehead atoms. The lowest BCUT2D eigenvalue weighted by molar-refractivity contribution is -0.122. The average molecular weight is 344 g/mol. The van der Waals surface area contributed by atoms with E-state index < -0.39 is 0 Å². The van der Waals surface area contributed by atoms with Gasteiger partial charge in [0.05, 0.1) is 23.9 Å². The van der Waals surface area contributed by atoms with Crippen LogP contribution < -0.4 is 10.1 Å². The number of ether oxygens (including phenoxy) is 1. The number of hydrogen-bond acceptors (Lipinski definition) is 4. The van der Waals surface area contributed by atoms with Gasteiger partial charge in [0.15, 0.2) is 0 Å². The summed E-state index contributed by atoms with van der Waals surface area (Å²) in [6.07, 6.45) is 2.97. The Morgan fingerprint density at radius 2 is 2.21 bits per heavy atom. The number of benzene rings is 1. The Morgan fingerprint density at radius 3 is 2.92 bits per heavy atom. The van der Waals surface area contributed by atoms with Crippen LogP contribution in [0.15, 0.2) is 29.6 Å². The van der Waals surface area contributed by atoms with E-state index in [1.165, 1.54) is 17.8 Å². The second kappa shape index (κ2) is 7.34. The number of nitrogens with zero attached hydrogens (tertiary/aromatic N) is 1. The molecule has 1 saturated carbocycles. The third kappa shape index (κ3) is 4.15. The summed E-state index contributed by atoms with van der Waals surface area (Å²) in [7, 11) is 1.65. The van der Waals surface area contributed by atoms with E-state index in [1.807, 2.05) is 31.2 Å². The number of thiazole rings is 1. The molecule has 24 heavy (non-hydrogen) atoms. The first-order valence-electron chi connectivity index (χ1n) is 8.45. The van der Waals surface area contributed by atoms with Crippen LogP contribution in [0.3, 0.4) is 0 Å². The summed E-state index contributed by atoms with van der Waals surface area (Å²) in [5.41, 5.74) is 2.09. The SMILES string of the molecule is COc1cccc([C@@H](C)CC(=O)N[C@H](C)c2csc(C3CC3)n2)c1. The fourth-order valence-electron chi connectivity index (χ4n) is 2.74. The van der Waals surface area contributed by atoms with Gasteiger partial charge in [-0.05, 0) is 43.4 Å². The molecule has 1 aromatic carbocycles. The van der Waals surface area contributed by atoms with Crippen molar-refractivity contribution in [3.8, 4) is 5.75 Å². The molecule has 5 heteroatoms. The highest BCUT2D eigenvalue weighted by molar-refractivity contribution is 7.09. The van der Waals surface area contributed by atoms with Crippen molar-refractivity contribution >= 4 is 17.2 Å². The minimum atomic E-state index is -0.0428. The number of hydrogen-bond donors (Lipinski definition) is 1. The van der Waals surface area contributed by atoms with Crippen LogP contribution in [-0.4, -0.2) is 18.0 Å². The summed E-state index contributed by atoms with van der Waals surface area (Å²) in [4.78, 5) is 17.0. The van der Waals surface area contributed by atoms with Gasteiger partial charge in [0, 0.05) is 17.7 Å². The van der Waals surface area contributed by atoms with Gasteiger partial charge in [-0.2, -0.15) is 0 Å². The number of amides is 1. The van der Waals surface area contributed by atoms with Gasteiger partial charge in [-0.1, -0.05) is 19.1 Å². The first kappa shape index (κ1) is 17.0. The molecule has 0 saturated heterocycles. The molecule has 2 atom stereocenters. The van der Waals surface area contributed by atoms with E-state index in [-0.39, 0.29) is 17.9 Å². The molecule has 0 aliphatic heterocycles. The molecule has 2 aromatic rings. The van der Waals surface area contributed by atoms with E-state index in [1.54, 1.807) is 18.4 Å². The van der Waals surface area contributed by atoms with E-state index in [0.29, 0.717) is 12.3 Å². The second-order valence-corrected chi connectivity index (χ2v) is 7.45. The van der Waals surface area contributed by atoms with Gasteiger partial charge in [-0.25, -0.2) is 4.98 Å². The lowest BCUT2D eigenvalue weighted by Crippen LogP contribution is -2.27. The zero-order chi connectivity index (χ0) is 17.1. The molecule has 128 valence electrons. The minimum Gasteiger partial charge on any atom is -0.497 e. The third-order valence-electron chi connectivity index (χ3n) is 4.44. The van der Waals surface area contributed by atoms with Gasteiger partial charge < -0.3 is 10.1 Å². The van der Waals surface area contributed by atoms with Crippen molar-refractivity contribution in [3.63, 3.8) is 0 Å². The highest BCUT2D eigenvalue weighted by Crippen LogP contribution is 2.41. The van der Waals surface area contributed by atoms with Crippen molar-refractivity contribution in [2.75, 3.05) is 7.11 Å². The molecule has 0 unspecified atom stereocenters. The standard InChI is InChI=1S/C19H24N2O2S/c1-12(15-5-4-6-16(10-15)23-3)9-18(22)20-13(2)17-11-24-19(21-17)14-7-8-14/h4-6,10-14H,7-9H2,1-3H3,(H,20,22)/t12-,13+/m0/s1. The lowest BCUT2D eigenvalue weighted by Gasteiger charge is -2.16. The first-order valence-corrected chi connectivity index (χ1v) is 9.33. The van der Waals surface area contributed by atoms with E-state index in [9.17, 15) is 4.79 Å². The van der Waals surface area contributed by atoms with Crippen LogP contribution in [0.2, 0.25) is 0 Å². The Balaban J connectivity index is 1.55. The second-order valence-electron chi connectivity index (χ2n) is 6.56. The van der Waals surface area contributed by atoms with Crippen molar-refractivity contribution in [2.45, 2.75) is 51.0 Å². The Bertz CT molecular complexity index is 709. The fraction of sp³-hybridized carbons (Fsp3) is 0.474. The van der Waals surface area contributed by atoms with Gasteiger partial charge in [0.1, 0.15) is 5.75 Å². The van der Waals surface area contributed by atoms with Crippen LogP contribution in [-0.2, 0) is 4.79 Å². The molecule has 0 spiro atoms. The van der Waals surface area contributed by atoms with E-state index in [4.69, 9.17) is 4.74 Å². The summed E-state index contributed by atoms with van der Waals surface area (Å²) < 4.78 is 5.25. The third-order valence-corrected chi connectivity index (χ3v) is 5.47. The zero-order valence-corrected chi connectivity index (χ0v) is 15.2. The monoisotopic (exact) mass is 344 g/mol. The van der Waals surface area contributed by atoms with Crippen LogP contribution in [0, 0.1) is 0 Å². The molecule has 1 fully saturated rings. The summed E-state index contributed by atoms with van der Waals surface area (Å²) in [6, 6.07) is 7.85. The maximum absolute atomic E-state index is 12.4. The predicted molar refractivity (Wildman–Crippen MR) is 96.7 cm³/mol. The van der Waals surface area contributed by atoms with Crippen LogP contribution in [0.4, 0.5) is 0 Å². The number of nitrogens with one attached hydrogen (secondary N) is 1. The van der Waals surface area contributed by atoms with Crippen LogP contribution in [0.1, 0.15) is 67.3 Å². The van der Waals surface area contributed by atoms with Crippen molar-refractivity contribution in [3.05, 3.63) is 45.9 Å². The van der Waals surface area contributed by atoms with Gasteiger partial charge >= 0.3 is 0 Å². The summed E-state index contributed by atoms with van der Waals surface area (Å²) >= 11 is 1.71. The lowest BCUT2D eigenvalue weighted by atomic mass is 9.97. The quantitative estimate of drug-likeness (QED) is 0.810. The molecular formula is C19H24N2O2S. The van der Waals surface area contributed by atoms with Gasteiger partial charge in [0.2, 0.25) is 5.91 Å². The molecule has 3 rings (SSSR count). The largest absolute Gasteiger partial charge is 0.497 e. The number of carbonyl (C=O) groups is 1. The minimum absolute atomic E-state index is 0.0428. The smallest absolute Gasteiger partial charge is 0.221 e. The van der Waals surface area contributed by atoms with Gasteiger partial charge in [0.25, 0.3) is 0 Å². The first-order chi connectivity index (χ1) is 11.6. The Hall–Kier alpha value is -1.88. The zero-order valence-electron chi connectivity index (χ0n) is 14.4. The van der Waals surface area contributed by atoms with E-state index in [2.05, 4.69) is 22.6 Å². The van der Waals surface area contributed by atoms with Crippen molar-refractivity contribution in [2.24, 2.45) is 0 Å². The molecule has 1 aliphatic carbocycles. The summed E-state index contributed by atoms with van der Waals surface area (Å²) in [5, 5.41) is 6.36. The van der Waals surface area contributed by atoms with Crippen LogP contribution >= 0.6 is 11.3 Å². The highest BCUT2D eigenvalue weighted by atomic mass is 32.1. The van der Waals surface area contributed by atoms with Crippen molar-refractivity contribution in [1.29, 1.82) is 0 Å². The molecule has 1 N–H and O–H groups in total. The molecule has 4 nitrogen and oxygen atoms in total. The van der Waals surface area contributed by atoms with Gasteiger partial charge in [-0.3, -0.25) is 4.79 Å². The van der Waals surface area contributed by atoms with Crippen LogP contribution in [0.5, 0.6) is 5.75 Å². The van der Waals surface area contributed by atoms with E-state index >= 15 is 0 Å². The molecule has 1 aliphatic rings. The summed E-state index contributed by atoms with van der Waals surface area (Å²) in [6.45, 7) is 4.06. The van der Waals surface area contributed by atoms with Crippen molar-refractivity contribution < 1.29 is 9.53 Å². The Labute approximate surface area is 147 Å². The summed E-state index contributed by atoms with van der Waals surface area (Å²) in [5.74, 6) is 1.69. The highest BCUT2D eigenvalue weighted by Gasteiger charge is 2.27. The maximum atomic E-state index is 12.4. The molecule has 1 aromatic heterocycles. The topological polar surface area (TPSA) is 51.2 Å². The molecule has 1 amide bonds. The molecule has 0 radical (unpaired) electrons. The number of aromatic nitrogens is 1. The average Bonchev–Trinajstić information content (AvgIpc) is 3.31. The maximum Gasteiger partial charge on any atom is 0.221 e. The molecular weight excluding hydrogens is 320 g/mol. The Morgan fingerprint density at radius 1 is 1.42 bits per heavy atom. The van der Waals surface area contributed by atoms with E-state index in [0.717, 1.165) is 17.0 Å². The molecule has 1 heterocycles.